The first-order valence-electron chi connectivity index (χ1n) is 7.42. The minimum absolute atomic E-state index is 0.245. The topological polar surface area (TPSA) is 109 Å². The Labute approximate surface area is 147 Å². The van der Waals surface area contributed by atoms with Gasteiger partial charge in [-0.25, -0.2) is 0 Å². The van der Waals surface area contributed by atoms with E-state index in [0.29, 0.717) is 5.17 Å². The highest BCUT2D eigenvalue weighted by Crippen LogP contribution is 2.22. The van der Waals surface area contributed by atoms with E-state index in [0.717, 1.165) is 28.6 Å². The molecule has 0 spiro atoms. The number of hydrogen-bond donors (Lipinski definition) is 2. The monoisotopic (exact) mass is 357 g/mol. The van der Waals surface area contributed by atoms with Crippen molar-refractivity contribution in [2.24, 2.45) is 17.3 Å². The van der Waals surface area contributed by atoms with Gasteiger partial charge in [0.05, 0.1) is 18.3 Å². The van der Waals surface area contributed by atoms with E-state index in [9.17, 15) is 9.59 Å². The Hall–Kier alpha value is -2.94. The molecule has 0 bridgehead atoms. The standard InChI is InChI=1S/C16H15N5O3S/c1-21-6-5-12(20-21)11-4-2-3-10(7-11)9-17-19-16-18-15(24)13(25-16)8-14(22)23/h2-7,9,13H,8H2,1H3,(H,22,23)(H,18,19,24). The number of amidine groups is 1. The zero-order valence-corrected chi connectivity index (χ0v) is 14.1. The molecular formula is C16H15N5O3S. The molecule has 1 aromatic carbocycles. The zero-order valence-electron chi connectivity index (χ0n) is 13.3. The summed E-state index contributed by atoms with van der Waals surface area (Å²) >= 11 is 1.07. The highest BCUT2D eigenvalue weighted by atomic mass is 32.2. The van der Waals surface area contributed by atoms with Gasteiger partial charge in [-0.2, -0.15) is 10.2 Å². The summed E-state index contributed by atoms with van der Waals surface area (Å²) in [6, 6.07) is 9.58. The van der Waals surface area contributed by atoms with E-state index in [-0.39, 0.29) is 12.3 Å². The molecular weight excluding hydrogens is 342 g/mol. The van der Waals surface area contributed by atoms with Gasteiger partial charge in [0.2, 0.25) is 5.91 Å². The van der Waals surface area contributed by atoms with Crippen molar-refractivity contribution in [2.75, 3.05) is 0 Å². The maximum Gasteiger partial charge on any atom is 0.305 e. The van der Waals surface area contributed by atoms with Gasteiger partial charge in [-0.15, -0.1) is 5.10 Å². The highest BCUT2D eigenvalue weighted by Gasteiger charge is 2.32. The summed E-state index contributed by atoms with van der Waals surface area (Å²) in [5, 5.41) is 23.2. The van der Waals surface area contributed by atoms with Crippen LogP contribution in [0.15, 0.2) is 46.7 Å². The number of amides is 1. The van der Waals surface area contributed by atoms with E-state index in [2.05, 4.69) is 20.6 Å². The maximum absolute atomic E-state index is 11.6. The van der Waals surface area contributed by atoms with Crippen LogP contribution in [0.2, 0.25) is 0 Å². The fourth-order valence-electron chi connectivity index (χ4n) is 2.24. The molecule has 2 N–H and O–H groups in total. The van der Waals surface area contributed by atoms with Crippen LogP contribution in [0.4, 0.5) is 0 Å². The quantitative estimate of drug-likeness (QED) is 0.622. The van der Waals surface area contributed by atoms with Gasteiger partial charge >= 0.3 is 5.97 Å². The minimum atomic E-state index is -1.02. The molecule has 1 aliphatic heterocycles. The molecule has 1 aliphatic rings. The number of aromatic nitrogens is 2. The summed E-state index contributed by atoms with van der Waals surface area (Å²) in [6.07, 6.45) is 3.19. The van der Waals surface area contributed by atoms with E-state index in [1.807, 2.05) is 43.6 Å². The predicted octanol–water partition coefficient (Wildman–Crippen LogP) is 1.48. The molecule has 0 saturated carbocycles. The summed E-state index contributed by atoms with van der Waals surface area (Å²) in [5.41, 5.74) is 2.66. The van der Waals surface area contributed by atoms with Crippen LogP contribution in [0.5, 0.6) is 0 Å². The first-order chi connectivity index (χ1) is 12.0. The average Bonchev–Trinajstić information content (AvgIpc) is 3.14. The summed E-state index contributed by atoms with van der Waals surface area (Å²) in [5.74, 6) is -1.39. The number of rotatable bonds is 5. The highest BCUT2D eigenvalue weighted by molar-refractivity contribution is 8.15. The van der Waals surface area contributed by atoms with Gasteiger partial charge in [-0.05, 0) is 17.7 Å². The summed E-state index contributed by atoms with van der Waals surface area (Å²) in [4.78, 5) is 22.3. The smallest absolute Gasteiger partial charge is 0.305 e. The Kier molecular flexibility index (Phi) is 4.94. The van der Waals surface area contributed by atoms with E-state index >= 15 is 0 Å². The van der Waals surface area contributed by atoms with E-state index in [1.54, 1.807) is 10.9 Å². The molecule has 2 heterocycles. The average molecular weight is 357 g/mol. The fraction of sp³-hybridized carbons (Fsp3) is 0.188. The van der Waals surface area contributed by atoms with Crippen LogP contribution in [0.1, 0.15) is 12.0 Å². The van der Waals surface area contributed by atoms with Crippen molar-refractivity contribution >= 4 is 35.0 Å². The van der Waals surface area contributed by atoms with Crippen molar-refractivity contribution < 1.29 is 14.7 Å². The van der Waals surface area contributed by atoms with Crippen molar-refractivity contribution in [1.29, 1.82) is 0 Å². The Bertz CT molecular complexity index is 874. The van der Waals surface area contributed by atoms with Crippen molar-refractivity contribution in [1.82, 2.24) is 15.1 Å². The van der Waals surface area contributed by atoms with Crippen molar-refractivity contribution in [3.63, 3.8) is 0 Å². The number of carbonyl (C=O) groups is 2. The molecule has 25 heavy (non-hydrogen) atoms. The molecule has 0 radical (unpaired) electrons. The van der Waals surface area contributed by atoms with Gasteiger partial charge in [0.25, 0.3) is 0 Å². The van der Waals surface area contributed by atoms with Crippen LogP contribution in [0.25, 0.3) is 11.3 Å². The summed E-state index contributed by atoms with van der Waals surface area (Å²) in [6.45, 7) is 0. The van der Waals surface area contributed by atoms with Crippen molar-refractivity contribution in [3.05, 3.63) is 42.1 Å². The fourth-order valence-corrected chi connectivity index (χ4v) is 3.16. The lowest BCUT2D eigenvalue weighted by molar-refractivity contribution is -0.138. The van der Waals surface area contributed by atoms with E-state index in [1.165, 1.54) is 0 Å². The molecule has 1 fully saturated rings. The summed E-state index contributed by atoms with van der Waals surface area (Å²) in [7, 11) is 1.86. The molecule has 2 aromatic rings. The third kappa shape index (κ3) is 4.32. The summed E-state index contributed by atoms with van der Waals surface area (Å²) < 4.78 is 1.73. The SMILES string of the molecule is Cn1ccc(-c2cccc(C=NN=C3NC(=O)C(CC(=O)O)S3)c2)n1. The zero-order chi connectivity index (χ0) is 17.8. The Morgan fingerprint density at radius 3 is 3.04 bits per heavy atom. The van der Waals surface area contributed by atoms with Gasteiger partial charge < -0.3 is 10.4 Å². The van der Waals surface area contributed by atoms with Gasteiger partial charge in [-0.1, -0.05) is 30.0 Å². The normalized spacial score (nSPS) is 18.8. The lowest BCUT2D eigenvalue weighted by Gasteiger charge is -1.98. The number of aliphatic carboxylic acids is 1. The number of hydrogen-bond acceptors (Lipinski definition) is 6. The minimum Gasteiger partial charge on any atom is -0.481 e. The molecule has 1 atom stereocenters. The number of nitrogens with one attached hydrogen (secondary N) is 1. The van der Waals surface area contributed by atoms with E-state index in [4.69, 9.17) is 5.11 Å². The Morgan fingerprint density at radius 2 is 2.32 bits per heavy atom. The Balaban J connectivity index is 1.68. The lowest BCUT2D eigenvalue weighted by atomic mass is 10.1. The van der Waals surface area contributed by atoms with Crippen LogP contribution in [-0.4, -0.2) is 43.4 Å². The molecule has 9 heteroatoms. The number of thioether (sulfide) groups is 1. The number of aryl methyl sites for hydroxylation is 1. The largest absolute Gasteiger partial charge is 0.481 e. The number of carboxylic acid groups (broad SMARTS) is 1. The van der Waals surface area contributed by atoms with Crippen molar-refractivity contribution in [3.8, 4) is 11.3 Å². The van der Waals surface area contributed by atoms with Gasteiger partial charge in [0.1, 0.15) is 5.25 Å². The molecule has 1 unspecified atom stereocenters. The first kappa shape index (κ1) is 16.9. The molecule has 1 saturated heterocycles. The number of benzene rings is 1. The van der Waals surface area contributed by atoms with Crippen LogP contribution in [0, 0.1) is 0 Å². The van der Waals surface area contributed by atoms with Gasteiger partial charge in [0.15, 0.2) is 5.17 Å². The van der Waals surface area contributed by atoms with Gasteiger partial charge in [0, 0.05) is 18.8 Å². The molecule has 8 nitrogen and oxygen atoms in total. The number of nitrogens with zero attached hydrogens (tertiary/aromatic N) is 4. The van der Waals surface area contributed by atoms with Crippen LogP contribution in [0.3, 0.4) is 0 Å². The van der Waals surface area contributed by atoms with Crippen LogP contribution >= 0.6 is 11.8 Å². The molecule has 3 rings (SSSR count). The van der Waals surface area contributed by atoms with E-state index < -0.39 is 11.2 Å². The third-order valence-corrected chi connectivity index (χ3v) is 4.46. The third-order valence-electron chi connectivity index (χ3n) is 3.39. The molecule has 1 aromatic heterocycles. The van der Waals surface area contributed by atoms with Gasteiger partial charge in [-0.3, -0.25) is 14.3 Å². The van der Waals surface area contributed by atoms with Crippen LogP contribution < -0.4 is 5.32 Å². The lowest BCUT2D eigenvalue weighted by Crippen LogP contribution is -2.26. The first-order valence-corrected chi connectivity index (χ1v) is 8.29. The van der Waals surface area contributed by atoms with Crippen molar-refractivity contribution in [2.45, 2.75) is 11.7 Å². The molecule has 128 valence electrons. The number of carboxylic acids is 1. The molecule has 1 amide bonds. The maximum atomic E-state index is 11.6. The second kappa shape index (κ2) is 7.31. The molecule has 0 aliphatic carbocycles. The number of carbonyl (C=O) groups excluding carboxylic acids is 1. The second-order valence-corrected chi connectivity index (χ2v) is 6.53. The predicted molar refractivity (Wildman–Crippen MR) is 95.4 cm³/mol. The second-order valence-electron chi connectivity index (χ2n) is 5.34. The van der Waals surface area contributed by atoms with Crippen LogP contribution in [-0.2, 0) is 16.6 Å². The Morgan fingerprint density at radius 1 is 1.48 bits per heavy atom.